The van der Waals surface area contributed by atoms with Gasteiger partial charge in [-0.05, 0) is 18.1 Å². The molecule has 0 spiro atoms. The van der Waals surface area contributed by atoms with Crippen molar-refractivity contribution in [3.8, 4) is 0 Å². The number of nitrogens with zero attached hydrogens (tertiary/aromatic N) is 2. The van der Waals surface area contributed by atoms with Crippen molar-refractivity contribution in [1.29, 1.82) is 0 Å². The number of hydrogen-bond donors (Lipinski definition) is 0. The number of rotatable bonds is 6. The molecule has 0 N–H and O–H groups in total. The second kappa shape index (κ2) is 7.35. The van der Waals surface area contributed by atoms with Crippen LogP contribution >= 0.6 is 0 Å². The van der Waals surface area contributed by atoms with Crippen molar-refractivity contribution in [2.45, 2.75) is 12.7 Å². The number of hydrogen-bond acceptors (Lipinski definition) is 4. The van der Waals surface area contributed by atoms with Gasteiger partial charge in [0.1, 0.15) is 0 Å². The van der Waals surface area contributed by atoms with Crippen LogP contribution in [0.1, 0.15) is 11.1 Å². The summed E-state index contributed by atoms with van der Waals surface area (Å²) in [5.41, 5.74) is 1.89. The maximum atomic E-state index is 12.4. The molecule has 0 amide bonds. The van der Waals surface area contributed by atoms with Gasteiger partial charge in [-0.3, -0.25) is 4.90 Å². The number of likely N-dealkylation sites (N-methyl/N-ethyl adjacent to an activating group) is 1. The van der Waals surface area contributed by atoms with Crippen LogP contribution in [0.4, 0.5) is 0 Å². The molecular formula is C15H24N2O3S. The van der Waals surface area contributed by atoms with Crippen LogP contribution < -0.4 is 0 Å². The molecular weight excluding hydrogens is 288 g/mol. The predicted octanol–water partition coefficient (Wildman–Crippen LogP) is 1.09. The first-order valence-electron chi connectivity index (χ1n) is 7.27. The maximum absolute atomic E-state index is 12.4. The first-order chi connectivity index (χ1) is 9.99. The Morgan fingerprint density at radius 2 is 1.90 bits per heavy atom. The van der Waals surface area contributed by atoms with E-state index in [2.05, 4.69) is 4.90 Å². The number of ether oxygens (including phenoxy) is 1. The van der Waals surface area contributed by atoms with Crippen LogP contribution in [0.15, 0.2) is 24.3 Å². The second-order valence-electron chi connectivity index (χ2n) is 5.46. The molecule has 1 heterocycles. The largest absolute Gasteiger partial charge is 0.379 e. The van der Waals surface area contributed by atoms with Gasteiger partial charge in [-0.1, -0.05) is 24.3 Å². The minimum atomic E-state index is -3.26. The van der Waals surface area contributed by atoms with Gasteiger partial charge in [0.25, 0.3) is 0 Å². The summed E-state index contributed by atoms with van der Waals surface area (Å²) >= 11 is 0. The van der Waals surface area contributed by atoms with E-state index in [1.165, 1.54) is 4.31 Å². The minimum Gasteiger partial charge on any atom is -0.379 e. The quantitative estimate of drug-likeness (QED) is 0.789. The highest BCUT2D eigenvalue weighted by Crippen LogP contribution is 2.13. The Hall–Kier alpha value is -0.950. The lowest BCUT2D eigenvalue weighted by molar-refractivity contribution is 0.0368. The lowest BCUT2D eigenvalue weighted by atomic mass is 10.1. The number of morpholine rings is 1. The summed E-state index contributed by atoms with van der Waals surface area (Å²) in [6, 6.07) is 7.63. The first kappa shape index (κ1) is 16.4. The van der Waals surface area contributed by atoms with E-state index in [1.54, 1.807) is 7.05 Å². The molecule has 1 aliphatic heterocycles. The van der Waals surface area contributed by atoms with Gasteiger partial charge in [-0.25, -0.2) is 12.7 Å². The highest BCUT2D eigenvalue weighted by atomic mass is 32.2. The van der Waals surface area contributed by atoms with Crippen molar-refractivity contribution in [1.82, 2.24) is 9.21 Å². The van der Waals surface area contributed by atoms with Gasteiger partial charge in [-0.2, -0.15) is 0 Å². The van der Waals surface area contributed by atoms with Crippen molar-refractivity contribution in [2.75, 3.05) is 46.4 Å². The van der Waals surface area contributed by atoms with Crippen LogP contribution in [0.3, 0.4) is 0 Å². The third-order valence-electron chi connectivity index (χ3n) is 3.91. The summed E-state index contributed by atoms with van der Waals surface area (Å²) in [7, 11) is -1.60. The topological polar surface area (TPSA) is 49.9 Å². The van der Waals surface area contributed by atoms with E-state index in [9.17, 15) is 8.42 Å². The zero-order valence-corrected chi connectivity index (χ0v) is 13.6. The Kier molecular flexibility index (Phi) is 5.75. The van der Waals surface area contributed by atoms with Gasteiger partial charge >= 0.3 is 0 Å². The average Bonchev–Trinajstić information content (AvgIpc) is 2.48. The van der Waals surface area contributed by atoms with Gasteiger partial charge < -0.3 is 4.74 Å². The Labute approximate surface area is 127 Å². The highest BCUT2D eigenvalue weighted by molar-refractivity contribution is 7.88. The van der Waals surface area contributed by atoms with Crippen LogP contribution in [-0.2, 0) is 20.5 Å². The third kappa shape index (κ3) is 4.78. The zero-order chi connectivity index (χ0) is 15.3. The summed E-state index contributed by atoms with van der Waals surface area (Å²) in [6.07, 6.45) is 0. The molecule has 0 aromatic heterocycles. The molecule has 118 valence electrons. The molecule has 2 rings (SSSR count). The van der Waals surface area contributed by atoms with Crippen LogP contribution in [0.5, 0.6) is 0 Å². The van der Waals surface area contributed by atoms with Crippen molar-refractivity contribution >= 4 is 10.0 Å². The van der Waals surface area contributed by atoms with Gasteiger partial charge in [0.05, 0.1) is 19.0 Å². The van der Waals surface area contributed by atoms with E-state index in [1.807, 2.05) is 31.2 Å². The lowest BCUT2D eigenvalue weighted by Crippen LogP contribution is -2.42. The summed E-state index contributed by atoms with van der Waals surface area (Å²) in [5, 5.41) is 0. The number of aryl methyl sites for hydroxylation is 1. The molecule has 21 heavy (non-hydrogen) atoms. The molecule has 0 unspecified atom stereocenters. The molecule has 0 radical (unpaired) electrons. The van der Waals surface area contributed by atoms with E-state index < -0.39 is 10.0 Å². The molecule has 6 heteroatoms. The Morgan fingerprint density at radius 3 is 2.57 bits per heavy atom. The summed E-state index contributed by atoms with van der Waals surface area (Å²) < 4.78 is 31.6. The van der Waals surface area contributed by atoms with Crippen molar-refractivity contribution < 1.29 is 13.2 Å². The fourth-order valence-electron chi connectivity index (χ4n) is 2.32. The van der Waals surface area contributed by atoms with Crippen LogP contribution in [0.2, 0.25) is 0 Å². The minimum absolute atomic E-state index is 0.0687. The second-order valence-corrected chi connectivity index (χ2v) is 7.53. The molecule has 5 nitrogen and oxygen atoms in total. The molecule has 0 atom stereocenters. The molecule has 0 bridgehead atoms. The zero-order valence-electron chi connectivity index (χ0n) is 12.8. The lowest BCUT2D eigenvalue weighted by Gasteiger charge is -2.28. The van der Waals surface area contributed by atoms with E-state index in [0.29, 0.717) is 6.54 Å². The van der Waals surface area contributed by atoms with Crippen LogP contribution in [-0.4, -0.2) is 64.1 Å². The third-order valence-corrected chi connectivity index (χ3v) is 5.72. The number of sulfonamides is 1. The Bertz CT molecular complexity index is 554. The molecule has 1 fully saturated rings. The smallest absolute Gasteiger partial charge is 0.218 e. The number of benzene rings is 1. The summed E-state index contributed by atoms with van der Waals surface area (Å²) in [6.45, 7) is 6.45. The average molecular weight is 312 g/mol. The van der Waals surface area contributed by atoms with E-state index >= 15 is 0 Å². The highest BCUT2D eigenvalue weighted by Gasteiger charge is 2.20. The Morgan fingerprint density at radius 1 is 1.24 bits per heavy atom. The van der Waals surface area contributed by atoms with E-state index in [4.69, 9.17) is 4.74 Å². The molecule has 1 aromatic rings. The SMILES string of the molecule is Cc1ccccc1CS(=O)(=O)N(C)CCN1CCOCC1. The first-order valence-corrected chi connectivity index (χ1v) is 8.88. The van der Waals surface area contributed by atoms with Crippen LogP contribution in [0, 0.1) is 6.92 Å². The predicted molar refractivity (Wildman–Crippen MR) is 83.7 cm³/mol. The summed E-state index contributed by atoms with van der Waals surface area (Å²) in [4.78, 5) is 2.24. The summed E-state index contributed by atoms with van der Waals surface area (Å²) in [5.74, 6) is 0.0687. The van der Waals surface area contributed by atoms with Gasteiger partial charge in [0.15, 0.2) is 0 Å². The van der Waals surface area contributed by atoms with E-state index in [-0.39, 0.29) is 5.75 Å². The monoisotopic (exact) mass is 312 g/mol. The fourth-order valence-corrected chi connectivity index (χ4v) is 3.62. The van der Waals surface area contributed by atoms with Gasteiger partial charge in [0.2, 0.25) is 10.0 Å². The molecule has 0 saturated carbocycles. The van der Waals surface area contributed by atoms with Gasteiger partial charge in [-0.15, -0.1) is 0 Å². The van der Waals surface area contributed by atoms with Crippen molar-refractivity contribution in [3.05, 3.63) is 35.4 Å². The molecule has 0 aliphatic carbocycles. The normalized spacial score (nSPS) is 17.3. The van der Waals surface area contributed by atoms with Gasteiger partial charge in [0, 0.05) is 33.2 Å². The van der Waals surface area contributed by atoms with Crippen LogP contribution in [0.25, 0.3) is 0 Å². The van der Waals surface area contributed by atoms with E-state index in [0.717, 1.165) is 44.0 Å². The fraction of sp³-hybridized carbons (Fsp3) is 0.600. The standard InChI is InChI=1S/C15H24N2O3S/c1-14-5-3-4-6-15(14)13-21(18,19)16(2)7-8-17-9-11-20-12-10-17/h3-6H,7-13H2,1-2H3. The molecule has 1 aromatic carbocycles. The van der Waals surface area contributed by atoms with Crippen molar-refractivity contribution in [2.24, 2.45) is 0 Å². The maximum Gasteiger partial charge on any atom is 0.218 e. The molecule has 1 aliphatic rings. The molecule has 1 saturated heterocycles. The Balaban J connectivity index is 1.90. The van der Waals surface area contributed by atoms with Crippen molar-refractivity contribution in [3.63, 3.8) is 0 Å².